The SMILES string of the molecule is O=C(CSc1nnc(Cc2cccs2)n1-c1ccccc1)Nc1cccc(Cl)c1. The summed E-state index contributed by atoms with van der Waals surface area (Å²) in [6.07, 6.45) is 0.689. The Balaban J connectivity index is 1.52. The molecule has 5 nitrogen and oxygen atoms in total. The molecule has 0 aliphatic rings. The molecule has 0 aliphatic heterocycles. The molecule has 4 aromatic rings. The number of thioether (sulfide) groups is 1. The van der Waals surface area contributed by atoms with Crippen LogP contribution in [0.4, 0.5) is 5.69 Å². The van der Waals surface area contributed by atoms with Crippen molar-refractivity contribution >= 4 is 46.3 Å². The quantitative estimate of drug-likeness (QED) is 0.396. The van der Waals surface area contributed by atoms with E-state index in [0.717, 1.165) is 11.5 Å². The highest BCUT2D eigenvalue weighted by Crippen LogP contribution is 2.25. The van der Waals surface area contributed by atoms with Gasteiger partial charge in [0, 0.05) is 27.7 Å². The summed E-state index contributed by atoms with van der Waals surface area (Å²) in [5.41, 5.74) is 1.65. The van der Waals surface area contributed by atoms with E-state index in [1.807, 2.05) is 46.3 Å². The van der Waals surface area contributed by atoms with Crippen LogP contribution in [0.5, 0.6) is 0 Å². The largest absolute Gasteiger partial charge is 0.325 e. The van der Waals surface area contributed by atoms with Gasteiger partial charge in [0.15, 0.2) is 5.16 Å². The van der Waals surface area contributed by atoms with Crippen molar-refractivity contribution in [1.82, 2.24) is 14.8 Å². The lowest BCUT2D eigenvalue weighted by molar-refractivity contribution is -0.113. The number of hydrogen-bond acceptors (Lipinski definition) is 5. The Morgan fingerprint density at radius 2 is 1.93 bits per heavy atom. The molecular weight excluding hydrogens is 424 g/mol. The molecular formula is C21H17ClN4OS2. The fourth-order valence-corrected chi connectivity index (χ4v) is 4.47. The smallest absolute Gasteiger partial charge is 0.234 e. The van der Waals surface area contributed by atoms with E-state index >= 15 is 0 Å². The van der Waals surface area contributed by atoms with Crippen molar-refractivity contribution in [3.8, 4) is 5.69 Å². The van der Waals surface area contributed by atoms with Crippen LogP contribution in [0.2, 0.25) is 5.02 Å². The fraction of sp³-hybridized carbons (Fsp3) is 0.0952. The minimum Gasteiger partial charge on any atom is -0.325 e. The zero-order valence-electron chi connectivity index (χ0n) is 15.3. The molecule has 0 aliphatic carbocycles. The molecule has 0 radical (unpaired) electrons. The number of anilines is 1. The predicted octanol–water partition coefficient (Wildman–Crippen LogP) is 5.30. The fourth-order valence-electron chi connectivity index (χ4n) is 2.81. The monoisotopic (exact) mass is 440 g/mol. The maximum Gasteiger partial charge on any atom is 0.234 e. The van der Waals surface area contributed by atoms with Gasteiger partial charge in [0.1, 0.15) is 5.82 Å². The number of halogens is 1. The summed E-state index contributed by atoms with van der Waals surface area (Å²) < 4.78 is 2.01. The van der Waals surface area contributed by atoms with Gasteiger partial charge in [0.25, 0.3) is 0 Å². The molecule has 0 bridgehead atoms. The van der Waals surface area contributed by atoms with Crippen LogP contribution in [0.1, 0.15) is 10.7 Å². The van der Waals surface area contributed by atoms with Gasteiger partial charge in [-0.15, -0.1) is 21.5 Å². The van der Waals surface area contributed by atoms with Crippen molar-refractivity contribution in [3.63, 3.8) is 0 Å². The minimum absolute atomic E-state index is 0.125. The molecule has 4 rings (SSSR count). The highest BCUT2D eigenvalue weighted by molar-refractivity contribution is 7.99. The van der Waals surface area contributed by atoms with E-state index in [4.69, 9.17) is 11.6 Å². The molecule has 8 heteroatoms. The molecule has 146 valence electrons. The summed E-state index contributed by atoms with van der Waals surface area (Å²) in [5.74, 6) is 0.937. The molecule has 1 N–H and O–H groups in total. The number of rotatable bonds is 7. The van der Waals surface area contributed by atoms with Crippen LogP contribution in [0.25, 0.3) is 5.69 Å². The lowest BCUT2D eigenvalue weighted by Gasteiger charge is -2.10. The lowest BCUT2D eigenvalue weighted by atomic mass is 10.3. The first-order valence-corrected chi connectivity index (χ1v) is 11.1. The van der Waals surface area contributed by atoms with Gasteiger partial charge in [-0.3, -0.25) is 9.36 Å². The number of nitrogens with zero attached hydrogens (tertiary/aromatic N) is 3. The first-order chi connectivity index (χ1) is 14.2. The zero-order chi connectivity index (χ0) is 20.1. The van der Waals surface area contributed by atoms with Crippen LogP contribution >= 0.6 is 34.7 Å². The number of nitrogens with one attached hydrogen (secondary N) is 1. The maximum absolute atomic E-state index is 12.4. The van der Waals surface area contributed by atoms with Crippen molar-refractivity contribution < 1.29 is 4.79 Å². The molecule has 0 saturated heterocycles. The number of amides is 1. The van der Waals surface area contributed by atoms with Crippen LogP contribution in [0.3, 0.4) is 0 Å². The first-order valence-electron chi connectivity index (χ1n) is 8.89. The van der Waals surface area contributed by atoms with E-state index in [2.05, 4.69) is 21.6 Å². The molecule has 0 saturated carbocycles. The van der Waals surface area contributed by atoms with Gasteiger partial charge in [-0.25, -0.2) is 0 Å². The van der Waals surface area contributed by atoms with Crippen LogP contribution in [0, 0.1) is 0 Å². The van der Waals surface area contributed by atoms with Crippen molar-refractivity contribution in [1.29, 1.82) is 0 Å². The van der Waals surface area contributed by atoms with E-state index in [9.17, 15) is 4.79 Å². The molecule has 0 fully saturated rings. The zero-order valence-corrected chi connectivity index (χ0v) is 17.7. The lowest BCUT2D eigenvalue weighted by Crippen LogP contribution is -2.14. The predicted molar refractivity (Wildman–Crippen MR) is 119 cm³/mol. The number of carbonyl (C=O) groups is 1. The van der Waals surface area contributed by atoms with Crippen molar-refractivity contribution in [2.24, 2.45) is 0 Å². The topological polar surface area (TPSA) is 59.8 Å². The van der Waals surface area contributed by atoms with Crippen LogP contribution in [0.15, 0.2) is 77.3 Å². The third-order valence-corrected chi connectivity index (χ3v) is 6.11. The summed E-state index contributed by atoms with van der Waals surface area (Å²) in [6, 6.07) is 21.1. The molecule has 0 atom stereocenters. The van der Waals surface area contributed by atoms with E-state index < -0.39 is 0 Å². The average Bonchev–Trinajstić information content (AvgIpc) is 3.37. The molecule has 0 unspecified atom stereocenters. The molecule has 29 heavy (non-hydrogen) atoms. The number of hydrogen-bond donors (Lipinski definition) is 1. The standard InChI is InChI=1S/C21H17ClN4OS2/c22-15-6-4-7-16(12-15)23-20(27)14-29-21-25-24-19(13-18-10-5-11-28-18)26(21)17-8-2-1-3-9-17/h1-12H,13-14H2,(H,23,27). The Morgan fingerprint density at radius 3 is 2.69 bits per heavy atom. The van der Waals surface area contributed by atoms with Crippen LogP contribution in [-0.4, -0.2) is 26.4 Å². The molecule has 1 amide bonds. The van der Waals surface area contributed by atoms with Gasteiger partial charge in [-0.05, 0) is 41.8 Å². The van der Waals surface area contributed by atoms with Gasteiger partial charge in [0.05, 0.1) is 5.75 Å². The Bertz CT molecular complexity index is 1100. The van der Waals surface area contributed by atoms with Gasteiger partial charge in [0.2, 0.25) is 5.91 Å². The Labute approximate surface area is 181 Å². The average molecular weight is 441 g/mol. The third-order valence-electron chi connectivity index (χ3n) is 4.07. The maximum atomic E-state index is 12.4. The third kappa shape index (κ3) is 5.06. The number of aromatic nitrogens is 3. The van der Waals surface area contributed by atoms with Crippen molar-refractivity contribution in [3.05, 3.63) is 87.8 Å². The summed E-state index contributed by atoms with van der Waals surface area (Å²) >= 11 is 9.02. The minimum atomic E-state index is -0.125. The summed E-state index contributed by atoms with van der Waals surface area (Å²) in [5, 5.41) is 14.9. The number of para-hydroxylation sites is 1. The van der Waals surface area contributed by atoms with E-state index in [1.54, 1.807) is 35.6 Å². The van der Waals surface area contributed by atoms with Crippen molar-refractivity contribution in [2.75, 3.05) is 11.1 Å². The van der Waals surface area contributed by atoms with Crippen LogP contribution in [-0.2, 0) is 11.2 Å². The second-order valence-electron chi connectivity index (χ2n) is 6.17. The Morgan fingerprint density at radius 1 is 1.07 bits per heavy atom. The highest BCUT2D eigenvalue weighted by atomic mass is 35.5. The van der Waals surface area contributed by atoms with Gasteiger partial charge in [-0.1, -0.05) is 53.7 Å². The summed E-state index contributed by atoms with van der Waals surface area (Å²) in [4.78, 5) is 13.6. The molecule has 2 aromatic carbocycles. The molecule has 2 aromatic heterocycles. The first kappa shape index (κ1) is 19.7. The number of carbonyl (C=O) groups excluding carboxylic acids is 1. The van der Waals surface area contributed by atoms with E-state index in [0.29, 0.717) is 22.3 Å². The summed E-state index contributed by atoms with van der Waals surface area (Å²) in [6.45, 7) is 0. The summed E-state index contributed by atoms with van der Waals surface area (Å²) in [7, 11) is 0. The van der Waals surface area contributed by atoms with E-state index in [1.165, 1.54) is 16.6 Å². The van der Waals surface area contributed by atoms with Gasteiger partial charge in [-0.2, -0.15) is 0 Å². The van der Waals surface area contributed by atoms with Crippen molar-refractivity contribution in [2.45, 2.75) is 11.6 Å². The second kappa shape index (κ2) is 9.26. The Kier molecular flexibility index (Phi) is 6.29. The normalized spacial score (nSPS) is 10.8. The van der Waals surface area contributed by atoms with E-state index in [-0.39, 0.29) is 11.7 Å². The Hall–Kier alpha value is -2.61. The molecule has 2 heterocycles. The number of benzene rings is 2. The second-order valence-corrected chi connectivity index (χ2v) is 8.58. The highest BCUT2D eigenvalue weighted by Gasteiger charge is 2.16. The van der Waals surface area contributed by atoms with Gasteiger partial charge < -0.3 is 5.32 Å². The van der Waals surface area contributed by atoms with Crippen LogP contribution < -0.4 is 5.32 Å². The van der Waals surface area contributed by atoms with Gasteiger partial charge >= 0.3 is 0 Å². The number of thiophene rings is 1. The molecule has 0 spiro atoms.